The summed E-state index contributed by atoms with van der Waals surface area (Å²) in [6.07, 6.45) is 5.23. The molecule has 5 heterocycles. The Kier molecular flexibility index (Phi) is 4.61. The van der Waals surface area contributed by atoms with Crippen molar-refractivity contribution in [1.82, 2.24) is 14.9 Å². The molecular weight excluding hydrogens is 330 g/mol. The Morgan fingerprint density at radius 1 is 1.42 bits per heavy atom. The summed E-state index contributed by atoms with van der Waals surface area (Å²) < 4.78 is 5.35. The highest BCUT2D eigenvalue weighted by atomic mass is 16.5. The molecule has 2 aromatic heterocycles. The molecule has 2 N–H and O–H groups in total. The van der Waals surface area contributed by atoms with Gasteiger partial charge in [0.1, 0.15) is 0 Å². The number of carboxylic acid groups (broad SMARTS) is 1. The largest absolute Gasteiger partial charge is 0.483 e. The van der Waals surface area contributed by atoms with E-state index in [0.717, 1.165) is 35.7 Å². The first kappa shape index (κ1) is 17.3. The minimum Gasteiger partial charge on any atom is -0.483 e. The molecule has 2 saturated heterocycles. The molecule has 0 aromatic carbocycles. The highest BCUT2D eigenvalue weighted by Crippen LogP contribution is 2.50. The second-order valence-corrected chi connectivity index (χ2v) is 7.72. The number of carbonyl (C=O) groups is 1. The Balaban J connectivity index is 0.000000527. The molecular formula is C20H27N3O3. The maximum Gasteiger partial charge on any atom is 0.290 e. The van der Waals surface area contributed by atoms with Crippen LogP contribution in [0.15, 0.2) is 12.1 Å². The van der Waals surface area contributed by atoms with E-state index >= 15 is 0 Å². The summed E-state index contributed by atoms with van der Waals surface area (Å²) >= 11 is 0. The van der Waals surface area contributed by atoms with Gasteiger partial charge < -0.3 is 14.8 Å². The summed E-state index contributed by atoms with van der Waals surface area (Å²) in [4.78, 5) is 19.6. The Morgan fingerprint density at radius 3 is 2.96 bits per heavy atom. The summed E-state index contributed by atoms with van der Waals surface area (Å²) in [6.45, 7) is 4.63. The van der Waals surface area contributed by atoms with Crippen molar-refractivity contribution < 1.29 is 14.6 Å². The van der Waals surface area contributed by atoms with Crippen molar-refractivity contribution in [3.63, 3.8) is 0 Å². The Bertz CT molecular complexity index is 803. The Labute approximate surface area is 153 Å². The fourth-order valence-corrected chi connectivity index (χ4v) is 5.64. The van der Waals surface area contributed by atoms with Gasteiger partial charge in [0.15, 0.2) is 0 Å². The number of ether oxygens (including phenoxy) is 1. The summed E-state index contributed by atoms with van der Waals surface area (Å²) in [5.74, 6) is 3.15. The average Bonchev–Trinajstić information content (AvgIpc) is 2.99. The number of aromatic nitrogens is 2. The monoisotopic (exact) mass is 357 g/mol. The third-order valence-corrected chi connectivity index (χ3v) is 6.54. The number of pyridine rings is 1. The van der Waals surface area contributed by atoms with Crippen molar-refractivity contribution in [3.8, 4) is 5.88 Å². The highest BCUT2D eigenvalue weighted by Gasteiger charge is 2.48. The number of H-pyrrole nitrogens is 1. The molecule has 0 radical (unpaired) electrons. The molecule has 0 amide bonds. The van der Waals surface area contributed by atoms with Gasteiger partial charge in [0, 0.05) is 42.4 Å². The van der Waals surface area contributed by atoms with Crippen LogP contribution < -0.4 is 4.74 Å². The minimum absolute atomic E-state index is 0.250. The maximum atomic E-state index is 8.36. The van der Waals surface area contributed by atoms with Gasteiger partial charge in [-0.15, -0.1) is 0 Å². The number of nitrogens with zero attached hydrogens (tertiary/aromatic N) is 2. The predicted octanol–water partition coefficient (Wildman–Crippen LogP) is 3.03. The van der Waals surface area contributed by atoms with Gasteiger partial charge in [-0.1, -0.05) is 13.3 Å². The molecule has 4 aliphatic rings. The second kappa shape index (κ2) is 6.91. The smallest absolute Gasteiger partial charge is 0.290 e. The Morgan fingerprint density at radius 2 is 2.23 bits per heavy atom. The Hall–Kier alpha value is -2.08. The van der Waals surface area contributed by atoms with E-state index in [1.165, 1.54) is 49.1 Å². The second-order valence-electron chi connectivity index (χ2n) is 7.72. The zero-order valence-electron chi connectivity index (χ0n) is 15.4. The lowest BCUT2D eigenvalue weighted by atomic mass is 9.65. The fourth-order valence-electron chi connectivity index (χ4n) is 5.64. The molecule has 3 fully saturated rings. The fraction of sp³-hybridized carbons (Fsp3) is 0.600. The first-order valence-electron chi connectivity index (χ1n) is 9.57. The molecule has 4 bridgehead atoms. The number of methoxy groups -OCH3 is 1. The van der Waals surface area contributed by atoms with Crippen molar-refractivity contribution in [1.29, 1.82) is 0 Å². The van der Waals surface area contributed by atoms with E-state index in [2.05, 4.69) is 22.9 Å². The molecule has 2 aromatic rings. The van der Waals surface area contributed by atoms with Gasteiger partial charge in [-0.3, -0.25) is 9.69 Å². The van der Waals surface area contributed by atoms with Gasteiger partial charge in [-0.25, -0.2) is 4.98 Å². The van der Waals surface area contributed by atoms with E-state index in [9.17, 15) is 0 Å². The highest BCUT2D eigenvalue weighted by molar-refractivity contribution is 5.81. The molecule has 6 rings (SSSR count). The zero-order valence-corrected chi connectivity index (χ0v) is 15.4. The number of nitrogens with one attached hydrogen (secondary N) is 1. The van der Waals surface area contributed by atoms with Crippen molar-refractivity contribution in [3.05, 3.63) is 23.4 Å². The molecule has 140 valence electrons. The molecule has 3 aliphatic heterocycles. The van der Waals surface area contributed by atoms with Gasteiger partial charge in [0.05, 0.1) is 18.1 Å². The standard InChI is InChI=1S/C19H25N3O.CH2O2/c1-3-12-8-11-9-14-17-13(6-7-22(10-11)19(12)14)18-15(20-17)4-5-16(21-18)23-2;2-1-3/h4-5,11-12,14,19-20H,3,6-10H2,1-2H3;1H,(H,2,3). The van der Waals surface area contributed by atoms with E-state index in [0.29, 0.717) is 5.92 Å². The lowest BCUT2D eigenvalue weighted by molar-refractivity contribution is -0.122. The number of rotatable bonds is 2. The van der Waals surface area contributed by atoms with Crippen molar-refractivity contribution in [2.75, 3.05) is 20.2 Å². The SMILES string of the molecule is CCC1CC2CC3c4[nH]c5ccc(OC)nc5c4CCN(C2)C13.O=CO. The first-order valence-corrected chi connectivity index (χ1v) is 9.57. The van der Waals surface area contributed by atoms with E-state index in [-0.39, 0.29) is 6.47 Å². The molecule has 6 heteroatoms. The maximum absolute atomic E-state index is 8.36. The summed E-state index contributed by atoms with van der Waals surface area (Å²) in [6, 6.07) is 4.83. The average molecular weight is 357 g/mol. The molecule has 5 atom stereocenters. The van der Waals surface area contributed by atoms with Crippen LogP contribution in [0.1, 0.15) is 43.4 Å². The van der Waals surface area contributed by atoms with E-state index in [1.54, 1.807) is 7.11 Å². The van der Waals surface area contributed by atoms with Gasteiger partial charge >= 0.3 is 0 Å². The first-order chi connectivity index (χ1) is 12.7. The van der Waals surface area contributed by atoms with Gasteiger partial charge in [-0.05, 0) is 37.2 Å². The third kappa shape index (κ3) is 2.67. The van der Waals surface area contributed by atoms with Crippen LogP contribution in [0.2, 0.25) is 0 Å². The molecule has 1 aliphatic carbocycles. The third-order valence-electron chi connectivity index (χ3n) is 6.54. The zero-order chi connectivity index (χ0) is 18.3. The normalized spacial score (nSPS) is 31.5. The van der Waals surface area contributed by atoms with E-state index in [1.807, 2.05) is 6.07 Å². The predicted molar refractivity (Wildman–Crippen MR) is 99.6 cm³/mol. The van der Waals surface area contributed by atoms with Crippen LogP contribution in [-0.2, 0) is 11.2 Å². The van der Waals surface area contributed by atoms with Crippen LogP contribution in [-0.4, -0.2) is 52.7 Å². The van der Waals surface area contributed by atoms with E-state index in [4.69, 9.17) is 19.6 Å². The van der Waals surface area contributed by atoms with Crippen molar-refractivity contribution in [2.45, 2.75) is 44.6 Å². The van der Waals surface area contributed by atoms with Crippen LogP contribution in [0.25, 0.3) is 11.0 Å². The summed E-state index contributed by atoms with van der Waals surface area (Å²) in [5.41, 5.74) is 5.25. The quantitative estimate of drug-likeness (QED) is 0.808. The van der Waals surface area contributed by atoms with Crippen LogP contribution >= 0.6 is 0 Å². The van der Waals surface area contributed by atoms with Crippen molar-refractivity contribution in [2.24, 2.45) is 11.8 Å². The van der Waals surface area contributed by atoms with Crippen LogP contribution in [0.4, 0.5) is 0 Å². The van der Waals surface area contributed by atoms with Gasteiger partial charge in [-0.2, -0.15) is 0 Å². The number of hydrogen-bond acceptors (Lipinski definition) is 4. The molecule has 1 saturated carbocycles. The number of hydrogen-bond donors (Lipinski definition) is 2. The topological polar surface area (TPSA) is 78.5 Å². The van der Waals surface area contributed by atoms with Crippen LogP contribution in [0.5, 0.6) is 5.88 Å². The molecule has 0 spiro atoms. The summed E-state index contributed by atoms with van der Waals surface area (Å²) in [5, 5.41) is 6.89. The molecule has 6 nitrogen and oxygen atoms in total. The number of aromatic amines is 1. The van der Waals surface area contributed by atoms with Gasteiger partial charge in [0.25, 0.3) is 6.47 Å². The lowest BCUT2D eigenvalue weighted by Gasteiger charge is -2.53. The number of piperidine rings is 2. The molecule has 26 heavy (non-hydrogen) atoms. The van der Waals surface area contributed by atoms with Gasteiger partial charge in [0.2, 0.25) is 5.88 Å². The lowest BCUT2D eigenvalue weighted by Crippen LogP contribution is -2.56. The molecule has 5 unspecified atom stereocenters. The van der Waals surface area contributed by atoms with Crippen molar-refractivity contribution >= 4 is 17.5 Å². The summed E-state index contributed by atoms with van der Waals surface area (Å²) in [7, 11) is 1.70. The minimum atomic E-state index is -0.250. The van der Waals surface area contributed by atoms with E-state index < -0.39 is 0 Å². The van der Waals surface area contributed by atoms with Crippen LogP contribution in [0.3, 0.4) is 0 Å². The van der Waals surface area contributed by atoms with Crippen LogP contribution in [0, 0.1) is 11.8 Å². The number of fused-ring (bicyclic) bond motifs is 4.